The van der Waals surface area contributed by atoms with Crippen molar-refractivity contribution in [3.63, 3.8) is 0 Å². The maximum Gasteiger partial charge on any atom is 0.125 e. The average molecular weight is 245 g/mol. The summed E-state index contributed by atoms with van der Waals surface area (Å²) >= 11 is 5.87. The monoisotopic (exact) mass is 244 g/mol. The molecule has 2 atom stereocenters. The Bertz CT molecular complexity index is 339. The normalized spacial score (nSPS) is 14.6. The van der Waals surface area contributed by atoms with Crippen LogP contribution in [0.5, 0.6) is 5.75 Å². The number of hydrogen-bond donors (Lipinski definition) is 1. The Balaban J connectivity index is 2.86. The minimum absolute atomic E-state index is 0.0660. The Hall–Kier alpha value is -0.770. The van der Waals surface area contributed by atoms with Gasteiger partial charge in [-0.2, -0.15) is 0 Å². The zero-order chi connectivity index (χ0) is 12.1. The number of halogens is 1. The molecule has 1 aromatic carbocycles. The second-order valence-corrected chi connectivity index (χ2v) is 4.18. The molecule has 0 bridgehead atoms. The molecule has 0 saturated heterocycles. The Labute approximate surface area is 101 Å². The van der Waals surface area contributed by atoms with Crippen LogP contribution < -0.4 is 4.74 Å². The third-order valence-electron chi connectivity index (χ3n) is 2.15. The van der Waals surface area contributed by atoms with Gasteiger partial charge >= 0.3 is 0 Å². The van der Waals surface area contributed by atoms with Crippen LogP contribution in [0.15, 0.2) is 18.2 Å². The van der Waals surface area contributed by atoms with Crippen molar-refractivity contribution in [1.29, 1.82) is 0 Å². The standard InChI is InChI=1S/C12H17ClO3/c1-8(7-15-3)16-12-5-4-10(13)6-11(12)9(2)14/h4-6,8-9,14H,7H2,1-3H3/t8?,9-/m0/s1. The molecule has 90 valence electrons. The molecule has 1 aromatic rings. The molecule has 0 amide bonds. The molecule has 0 spiro atoms. The molecule has 0 heterocycles. The van der Waals surface area contributed by atoms with Crippen LogP contribution in [-0.2, 0) is 4.74 Å². The molecule has 16 heavy (non-hydrogen) atoms. The van der Waals surface area contributed by atoms with E-state index in [1.165, 1.54) is 0 Å². The van der Waals surface area contributed by atoms with Crippen molar-refractivity contribution < 1.29 is 14.6 Å². The summed E-state index contributed by atoms with van der Waals surface area (Å²) in [5.41, 5.74) is 0.690. The first-order chi connectivity index (χ1) is 7.54. The number of methoxy groups -OCH3 is 1. The number of hydrogen-bond acceptors (Lipinski definition) is 3. The van der Waals surface area contributed by atoms with Crippen molar-refractivity contribution in [2.45, 2.75) is 26.1 Å². The van der Waals surface area contributed by atoms with Gasteiger partial charge < -0.3 is 14.6 Å². The molecule has 3 nitrogen and oxygen atoms in total. The number of benzene rings is 1. The summed E-state index contributed by atoms with van der Waals surface area (Å²) in [5.74, 6) is 0.643. The van der Waals surface area contributed by atoms with Gasteiger partial charge in [0.2, 0.25) is 0 Å². The SMILES string of the molecule is COCC(C)Oc1ccc(Cl)cc1[C@H](C)O. The highest BCUT2D eigenvalue weighted by Crippen LogP contribution is 2.28. The van der Waals surface area contributed by atoms with Crippen molar-refractivity contribution in [1.82, 2.24) is 0 Å². The maximum atomic E-state index is 9.60. The summed E-state index contributed by atoms with van der Waals surface area (Å²) in [6, 6.07) is 5.21. The molecule has 0 aliphatic rings. The minimum atomic E-state index is -0.608. The van der Waals surface area contributed by atoms with Crippen LogP contribution in [0.1, 0.15) is 25.5 Å². The fourth-order valence-corrected chi connectivity index (χ4v) is 1.62. The number of aliphatic hydroxyl groups excluding tert-OH is 1. The molecule has 0 aromatic heterocycles. The van der Waals surface area contributed by atoms with Gasteiger partial charge in [0, 0.05) is 17.7 Å². The minimum Gasteiger partial charge on any atom is -0.488 e. The van der Waals surface area contributed by atoms with Crippen molar-refractivity contribution in [2.75, 3.05) is 13.7 Å². The van der Waals surface area contributed by atoms with E-state index < -0.39 is 6.10 Å². The fraction of sp³-hybridized carbons (Fsp3) is 0.500. The van der Waals surface area contributed by atoms with Crippen LogP contribution in [0.25, 0.3) is 0 Å². The first kappa shape index (κ1) is 13.3. The highest BCUT2D eigenvalue weighted by molar-refractivity contribution is 6.30. The van der Waals surface area contributed by atoms with Crippen LogP contribution in [0.3, 0.4) is 0 Å². The summed E-state index contributed by atoms with van der Waals surface area (Å²) < 4.78 is 10.6. The topological polar surface area (TPSA) is 38.7 Å². The summed E-state index contributed by atoms with van der Waals surface area (Å²) in [5, 5.41) is 10.2. The lowest BCUT2D eigenvalue weighted by molar-refractivity contribution is 0.0886. The van der Waals surface area contributed by atoms with Crippen molar-refractivity contribution >= 4 is 11.6 Å². The van der Waals surface area contributed by atoms with E-state index in [9.17, 15) is 5.11 Å². The zero-order valence-corrected chi connectivity index (χ0v) is 10.5. The van der Waals surface area contributed by atoms with Crippen molar-refractivity contribution in [3.05, 3.63) is 28.8 Å². The van der Waals surface area contributed by atoms with Crippen LogP contribution in [0, 0.1) is 0 Å². The van der Waals surface area contributed by atoms with Crippen LogP contribution >= 0.6 is 11.6 Å². The van der Waals surface area contributed by atoms with Gasteiger partial charge in [-0.3, -0.25) is 0 Å². The molecule has 1 rings (SSSR count). The Morgan fingerprint density at radius 2 is 2.06 bits per heavy atom. The number of aliphatic hydroxyl groups is 1. The Morgan fingerprint density at radius 3 is 2.62 bits per heavy atom. The first-order valence-corrected chi connectivity index (χ1v) is 5.55. The second-order valence-electron chi connectivity index (χ2n) is 3.74. The molecular weight excluding hydrogens is 228 g/mol. The fourth-order valence-electron chi connectivity index (χ4n) is 1.44. The van der Waals surface area contributed by atoms with Gasteiger partial charge in [0.25, 0.3) is 0 Å². The van der Waals surface area contributed by atoms with E-state index in [1.807, 2.05) is 6.92 Å². The predicted molar refractivity (Wildman–Crippen MR) is 64.1 cm³/mol. The van der Waals surface area contributed by atoms with E-state index >= 15 is 0 Å². The Morgan fingerprint density at radius 1 is 1.38 bits per heavy atom. The van der Waals surface area contributed by atoms with E-state index in [4.69, 9.17) is 21.1 Å². The summed E-state index contributed by atoms with van der Waals surface area (Å²) in [6.07, 6.45) is -0.674. The number of ether oxygens (including phenoxy) is 2. The largest absolute Gasteiger partial charge is 0.488 e. The third kappa shape index (κ3) is 3.67. The average Bonchev–Trinajstić information content (AvgIpc) is 2.20. The number of rotatable bonds is 5. The molecule has 0 saturated carbocycles. The van der Waals surface area contributed by atoms with Crippen LogP contribution in [-0.4, -0.2) is 24.9 Å². The van der Waals surface area contributed by atoms with E-state index in [2.05, 4.69) is 0 Å². The van der Waals surface area contributed by atoms with Crippen LogP contribution in [0.2, 0.25) is 5.02 Å². The van der Waals surface area contributed by atoms with E-state index in [1.54, 1.807) is 32.2 Å². The van der Waals surface area contributed by atoms with Gasteiger partial charge in [0.05, 0.1) is 12.7 Å². The lowest BCUT2D eigenvalue weighted by Gasteiger charge is -2.18. The van der Waals surface area contributed by atoms with Gasteiger partial charge in [-0.15, -0.1) is 0 Å². The van der Waals surface area contributed by atoms with Crippen LogP contribution in [0.4, 0.5) is 0 Å². The van der Waals surface area contributed by atoms with Gasteiger partial charge in [0.15, 0.2) is 0 Å². The Kier molecular flexibility index (Phi) is 5.06. The summed E-state index contributed by atoms with van der Waals surface area (Å²) in [4.78, 5) is 0. The van der Waals surface area contributed by atoms with Gasteiger partial charge in [-0.1, -0.05) is 11.6 Å². The maximum absolute atomic E-state index is 9.60. The quantitative estimate of drug-likeness (QED) is 0.866. The molecule has 0 radical (unpaired) electrons. The van der Waals surface area contributed by atoms with Crippen molar-refractivity contribution in [3.8, 4) is 5.75 Å². The summed E-state index contributed by atoms with van der Waals surface area (Å²) in [6.45, 7) is 4.09. The zero-order valence-electron chi connectivity index (χ0n) is 9.74. The van der Waals surface area contributed by atoms with E-state index in [-0.39, 0.29) is 6.10 Å². The van der Waals surface area contributed by atoms with Crippen molar-refractivity contribution in [2.24, 2.45) is 0 Å². The smallest absolute Gasteiger partial charge is 0.125 e. The lowest BCUT2D eigenvalue weighted by atomic mass is 10.1. The summed E-state index contributed by atoms with van der Waals surface area (Å²) in [7, 11) is 1.62. The lowest BCUT2D eigenvalue weighted by Crippen LogP contribution is -2.19. The second kappa shape index (κ2) is 6.09. The van der Waals surface area contributed by atoms with E-state index in [0.29, 0.717) is 22.9 Å². The molecule has 0 aliphatic carbocycles. The van der Waals surface area contributed by atoms with E-state index in [0.717, 1.165) is 0 Å². The highest BCUT2D eigenvalue weighted by Gasteiger charge is 2.12. The van der Waals surface area contributed by atoms with Gasteiger partial charge in [-0.05, 0) is 32.0 Å². The molecule has 1 N–H and O–H groups in total. The molecular formula is C12H17ClO3. The predicted octanol–water partition coefficient (Wildman–Crippen LogP) is 2.81. The van der Waals surface area contributed by atoms with Gasteiger partial charge in [-0.25, -0.2) is 0 Å². The first-order valence-electron chi connectivity index (χ1n) is 5.17. The molecule has 0 aliphatic heterocycles. The molecule has 4 heteroatoms. The van der Waals surface area contributed by atoms with Gasteiger partial charge in [0.1, 0.15) is 11.9 Å². The molecule has 0 fully saturated rings. The third-order valence-corrected chi connectivity index (χ3v) is 2.39. The molecule has 1 unspecified atom stereocenters. The highest BCUT2D eigenvalue weighted by atomic mass is 35.5.